The Morgan fingerprint density at radius 1 is 1.24 bits per heavy atom. The van der Waals surface area contributed by atoms with E-state index in [1.165, 1.54) is 0 Å². The second-order valence-electron chi connectivity index (χ2n) is 3.23. The van der Waals surface area contributed by atoms with Crippen molar-refractivity contribution < 1.29 is 19.1 Å². The van der Waals surface area contributed by atoms with E-state index in [0.717, 1.165) is 18.6 Å². The molecule has 0 aliphatic carbocycles. The molecule has 1 atom stereocenters. The van der Waals surface area contributed by atoms with Crippen molar-refractivity contribution >= 4 is 11.9 Å². The minimum absolute atomic E-state index is 0.344. The first-order valence-electron chi connectivity index (χ1n) is 5.61. The lowest BCUT2D eigenvalue weighted by Gasteiger charge is -2.07. The molecule has 0 aromatic heterocycles. The van der Waals surface area contributed by atoms with Crippen molar-refractivity contribution in [3.8, 4) is 11.8 Å². The molecule has 0 aromatic rings. The molecule has 4 heteroatoms. The molecule has 0 heterocycles. The van der Waals surface area contributed by atoms with E-state index >= 15 is 0 Å². The monoisotopic (exact) mass is 238 g/mol. The van der Waals surface area contributed by atoms with Crippen LogP contribution < -0.4 is 0 Å². The SMILES string of the molecule is CC#CC(CC)OC(=O)/C=C/C(=O)OCCC. The summed E-state index contributed by atoms with van der Waals surface area (Å²) in [6.45, 7) is 5.77. The fourth-order valence-electron chi connectivity index (χ4n) is 0.942. The van der Waals surface area contributed by atoms with Crippen molar-refractivity contribution in [2.75, 3.05) is 6.61 Å². The zero-order chi connectivity index (χ0) is 13.1. The maximum absolute atomic E-state index is 11.3. The Labute approximate surface area is 102 Å². The normalized spacial score (nSPS) is 11.5. The summed E-state index contributed by atoms with van der Waals surface area (Å²) in [5.74, 6) is 4.28. The summed E-state index contributed by atoms with van der Waals surface area (Å²) >= 11 is 0. The van der Waals surface area contributed by atoms with Gasteiger partial charge in [0.25, 0.3) is 0 Å². The van der Waals surface area contributed by atoms with Crippen molar-refractivity contribution in [3.05, 3.63) is 12.2 Å². The lowest BCUT2D eigenvalue weighted by molar-refractivity contribution is -0.142. The summed E-state index contributed by atoms with van der Waals surface area (Å²) < 4.78 is 9.75. The van der Waals surface area contributed by atoms with Crippen LogP contribution in [0.1, 0.15) is 33.6 Å². The fraction of sp³-hybridized carbons (Fsp3) is 0.538. The second-order valence-corrected chi connectivity index (χ2v) is 3.23. The van der Waals surface area contributed by atoms with Gasteiger partial charge in [-0.05, 0) is 19.8 Å². The quantitative estimate of drug-likeness (QED) is 0.402. The van der Waals surface area contributed by atoms with Crippen LogP contribution in [0.5, 0.6) is 0 Å². The number of carbonyl (C=O) groups is 2. The van der Waals surface area contributed by atoms with Crippen LogP contribution in [0, 0.1) is 11.8 Å². The zero-order valence-electron chi connectivity index (χ0n) is 10.5. The molecule has 0 radical (unpaired) electrons. The molecule has 0 aliphatic heterocycles. The molecule has 0 saturated carbocycles. The summed E-state index contributed by atoms with van der Waals surface area (Å²) in [5.41, 5.74) is 0. The van der Waals surface area contributed by atoms with E-state index in [4.69, 9.17) is 9.47 Å². The van der Waals surface area contributed by atoms with Crippen LogP contribution >= 0.6 is 0 Å². The topological polar surface area (TPSA) is 52.6 Å². The van der Waals surface area contributed by atoms with Gasteiger partial charge in [-0.15, -0.1) is 5.92 Å². The van der Waals surface area contributed by atoms with Gasteiger partial charge in [0.05, 0.1) is 6.61 Å². The minimum Gasteiger partial charge on any atom is -0.463 e. The average Bonchev–Trinajstić information content (AvgIpc) is 2.33. The molecular weight excluding hydrogens is 220 g/mol. The highest BCUT2D eigenvalue weighted by Crippen LogP contribution is 1.98. The van der Waals surface area contributed by atoms with E-state index < -0.39 is 18.0 Å². The van der Waals surface area contributed by atoms with E-state index in [1.807, 2.05) is 13.8 Å². The third kappa shape index (κ3) is 8.09. The standard InChI is InChI=1S/C13H18O4/c1-4-7-11(6-3)17-13(15)9-8-12(14)16-10-5-2/h8-9,11H,5-6,10H2,1-3H3/b9-8+. The van der Waals surface area contributed by atoms with Crippen molar-refractivity contribution in [2.24, 2.45) is 0 Å². The van der Waals surface area contributed by atoms with Crippen LogP contribution in [-0.4, -0.2) is 24.6 Å². The molecule has 4 nitrogen and oxygen atoms in total. The lowest BCUT2D eigenvalue weighted by Crippen LogP contribution is -2.14. The largest absolute Gasteiger partial charge is 0.463 e. The second kappa shape index (κ2) is 9.46. The van der Waals surface area contributed by atoms with Crippen LogP contribution in [0.15, 0.2) is 12.2 Å². The van der Waals surface area contributed by atoms with Gasteiger partial charge in [-0.1, -0.05) is 19.8 Å². The molecule has 0 N–H and O–H groups in total. The molecular formula is C13H18O4. The number of hydrogen-bond acceptors (Lipinski definition) is 4. The van der Waals surface area contributed by atoms with Crippen LogP contribution in [0.3, 0.4) is 0 Å². The summed E-state index contributed by atoms with van der Waals surface area (Å²) in [6.07, 6.45) is 3.04. The fourth-order valence-corrected chi connectivity index (χ4v) is 0.942. The van der Waals surface area contributed by atoms with E-state index in [1.54, 1.807) is 6.92 Å². The predicted molar refractivity (Wildman–Crippen MR) is 64.0 cm³/mol. The Bertz CT molecular complexity index is 333. The van der Waals surface area contributed by atoms with E-state index in [0.29, 0.717) is 13.0 Å². The van der Waals surface area contributed by atoms with Crippen molar-refractivity contribution in [1.82, 2.24) is 0 Å². The zero-order valence-corrected chi connectivity index (χ0v) is 10.5. The molecule has 0 rings (SSSR count). The van der Waals surface area contributed by atoms with Gasteiger partial charge in [0.2, 0.25) is 0 Å². The smallest absolute Gasteiger partial charge is 0.332 e. The Morgan fingerprint density at radius 2 is 1.88 bits per heavy atom. The average molecular weight is 238 g/mol. The van der Waals surface area contributed by atoms with Gasteiger partial charge in [-0.25, -0.2) is 9.59 Å². The van der Waals surface area contributed by atoms with E-state index in [-0.39, 0.29) is 0 Å². The Morgan fingerprint density at radius 3 is 2.41 bits per heavy atom. The number of carbonyl (C=O) groups excluding carboxylic acids is 2. The summed E-state index contributed by atoms with van der Waals surface area (Å²) in [6, 6.07) is 0. The molecule has 0 bridgehead atoms. The van der Waals surface area contributed by atoms with Crippen molar-refractivity contribution in [3.63, 3.8) is 0 Å². The van der Waals surface area contributed by atoms with Gasteiger partial charge in [-0.3, -0.25) is 0 Å². The van der Waals surface area contributed by atoms with Crippen molar-refractivity contribution in [1.29, 1.82) is 0 Å². The van der Waals surface area contributed by atoms with E-state index in [2.05, 4.69) is 11.8 Å². The molecule has 94 valence electrons. The van der Waals surface area contributed by atoms with Gasteiger partial charge >= 0.3 is 11.9 Å². The number of rotatable bonds is 6. The third-order valence-electron chi connectivity index (χ3n) is 1.74. The van der Waals surface area contributed by atoms with Crippen LogP contribution in [0.2, 0.25) is 0 Å². The van der Waals surface area contributed by atoms with Gasteiger partial charge in [0, 0.05) is 12.2 Å². The maximum Gasteiger partial charge on any atom is 0.332 e. The molecule has 0 fully saturated rings. The molecule has 0 amide bonds. The third-order valence-corrected chi connectivity index (χ3v) is 1.74. The molecule has 0 saturated heterocycles. The Hall–Kier alpha value is -1.76. The lowest BCUT2D eigenvalue weighted by atomic mass is 10.3. The van der Waals surface area contributed by atoms with Crippen LogP contribution in [-0.2, 0) is 19.1 Å². The maximum atomic E-state index is 11.3. The van der Waals surface area contributed by atoms with Gasteiger partial charge < -0.3 is 9.47 Å². The molecule has 1 unspecified atom stereocenters. The highest BCUT2D eigenvalue weighted by Gasteiger charge is 2.07. The first-order chi connectivity index (χ1) is 8.13. The highest BCUT2D eigenvalue weighted by molar-refractivity contribution is 5.91. The summed E-state index contributed by atoms with van der Waals surface area (Å²) in [5, 5.41) is 0. The Balaban J connectivity index is 4.10. The highest BCUT2D eigenvalue weighted by atomic mass is 16.5. The van der Waals surface area contributed by atoms with Crippen LogP contribution in [0.25, 0.3) is 0 Å². The molecule has 17 heavy (non-hydrogen) atoms. The molecule has 0 spiro atoms. The molecule has 0 aromatic carbocycles. The van der Waals surface area contributed by atoms with Gasteiger partial charge in [-0.2, -0.15) is 0 Å². The van der Waals surface area contributed by atoms with Gasteiger partial charge in [0.15, 0.2) is 6.10 Å². The summed E-state index contributed by atoms with van der Waals surface area (Å²) in [7, 11) is 0. The number of hydrogen-bond donors (Lipinski definition) is 0. The van der Waals surface area contributed by atoms with Crippen LogP contribution in [0.4, 0.5) is 0 Å². The number of ether oxygens (including phenoxy) is 2. The Kier molecular flexibility index (Phi) is 8.48. The predicted octanol–water partition coefficient (Wildman–Crippen LogP) is 1.84. The van der Waals surface area contributed by atoms with Gasteiger partial charge in [0.1, 0.15) is 0 Å². The first kappa shape index (κ1) is 15.2. The molecule has 0 aliphatic rings. The first-order valence-corrected chi connectivity index (χ1v) is 5.61. The number of esters is 2. The van der Waals surface area contributed by atoms with Crippen molar-refractivity contribution in [2.45, 2.75) is 39.7 Å². The summed E-state index contributed by atoms with van der Waals surface area (Å²) in [4.78, 5) is 22.3. The van der Waals surface area contributed by atoms with E-state index in [9.17, 15) is 9.59 Å². The minimum atomic E-state index is -0.590.